The molecular formula is C41H43FN10O6. The van der Waals surface area contributed by atoms with Crippen LogP contribution in [-0.2, 0) is 14.4 Å². The van der Waals surface area contributed by atoms with Crippen molar-refractivity contribution in [3.8, 4) is 5.75 Å². The van der Waals surface area contributed by atoms with Crippen LogP contribution >= 0.6 is 0 Å². The van der Waals surface area contributed by atoms with Gasteiger partial charge in [0.05, 0.1) is 46.2 Å². The van der Waals surface area contributed by atoms with E-state index in [1.54, 1.807) is 18.5 Å². The maximum Gasteiger partial charge on any atom is 0.262 e. The summed E-state index contributed by atoms with van der Waals surface area (Å²) in [6, 6.07) is 6.99. The summed E-state index contributed by atoms with van der Waals surface area (Å²) in [5.41, 5.74) is 7.35. The molecule has 4 fully saturated rings. The first-order chi connectivity index (χ1) is 28.0. The molecule has 4 aromatic rings. The van der Waals surface area contributed by atoms with Gasteiger partial charge < -0.3 is 25.6 Å². The Hall–Kier alpha value is -6.23. The summed E-state index contributed by atoms with van der Waals surface area (Å²) in [5.74, 6) is -2.34. The lowest BCUT2D eigenvalue weighted by atomic mass is 9.80. The zero-order valence-corrected chi connectivity index (χ0v) is 31.9. The first kappa shape index (κ1) is 37.4. The third-order valence-electron chi connectivity index (χ3n) is 11.8. The Bertz CT molecular complexity index is 2380. The summed E-state index contributed by atoms with van der Waals surface area (Å²) in [4.78, 5) is 77.4. The number of imide groups is 2. The highest BCUT2D eigenvalue weighted by atomic mass is 19.1. The summed E-state index contributed by atoms with van der Waals surface area (Å²) in [6.07, 6.45) is 10.3. The smallest absolute Gasteiger partial charge is 0.262 e. The number of benzene rings is 2. The van der Waals surface area contributed by atoms with Gasteiger partial charge in [0.15, 0.2) is 5.82 Å². The standard InChI is InChI=1S/C41H43FN10O6/c1-41(21-50(22-41)33-15-27-26(14-29(33)42)39(56)52(40(27)57)32-5-6-35(53)47-38(32)55)20-49-11-7-25(8-12-49)51-18-24-13-31(34(16-30(24)48-51)58-19-23-3-4-23)46-37(54)28(17-43)36-44-9-2-10-45-36/h2,9-10,13-18,23,25,32H,3-8,11-12,19-22,43H2,1H3,(H,46,54)(H,47,53,55)/b28-17+. The van der Waals surface area contributed by atoms with E-state index < -0.39 is 41.4 Å². The third-order valence-corrected chi connectivity index (χ3v) is 11.8. The number of aromatic nitrogens is 4. The van der Waals surface area contributed by atoms with E-state index in [0.29, 0.717) is 37.1 Å². The highest BCUT2D eigenvalue weighted by Gasteiger charge is 2.47. The van der Waals surface area contributed by atoms with Gasteiger partial charge in [-0.05, 0) is 62.3 Å². The van der Waals surface area contributed by atoms with Crippen LogP contribution in [0.25, 0.3) is 16.5 Å². The van der Waals surface area contributed by atoms with Crippen LogP contribution in [0.4, 0.5) is 15.8 Å². The molecule has 4 N–H and O–H groups in total. The van der Waals surface area contributed by atoms with Crippen LogP contribution in [0.2, 0.25) is 0 Å². The molecule has 2 aromatic heterocycles. The van der Waals surface area contributed by atoms with E-state index in [2.05, 4.69) is 32.4 Å². The number of likely N-dealkylation sites (tertiary alicyclic amines) is 1. The van der Waals surface area contributed by atoms with Gasteiger partial charge in [0.25, 0.3) is 17.7 Å². The number of anilines is 2. The fraction of sp³-hybridized carbons (Fsp3) is 0.415. The average molecular weight is 791 g/mol. The predicted octanol–water partition coefficient (Wildman–Crippen LogP) is 3.26. The molecule has 1 saturated carbocycles. The van der Waals surface area contributed by atoms with Crippen molar-refractivity contribution < 1.29 is 33.1 Å². The minimum absolute atomic E-state index is 0.00971. The molecule has 0 radical (unpaired) electrons. The molecule has 2 aromatic carbocycles. The van der Waals surface area contributed by atoms with Crippen molar-refractivity contribution in [2.75, 3.05) is 49.5 Å². The van der Waals surface area contributed by atoms with Crippen molar-refractivity contribution >= 4 is 57.4 Å². The van der Waals surface area contributed by atoms with Gasteiger partial charge in [-0.1, -0.05) is 6.92 Å². The summed E-state index contributed by atoms with van der Waals surface area (Å²) in [5, 5.41) is 10.9. The normalized spacial score (nSPS) is 21.3. The molecule has 1 atom stereocenters. The molecule has 1 unspecified atom stereocenters. The number of nitrogens with one attached hydrogen (secondary N) is 2. The molecular weight excluding hydrogens is 748 g/mol. The minimum Gasteiger partial charge on any atom is -0.491 e. The SMILES string of the molecule is CC1(CN2CCC(n3cc4cc(NC(=O)/C(=C/N)c5ncccn5)c(OCC5CC5)cc4n3)CC2)CN(c2cc3c(cc2F)C(=O)N(C2CCC(=O)NC2=O)C3=O)C1. The zero-order chi connectivity index (χ0) is 40.3. The van der Waals surface area contributed by atoms with E-state index in [0.717, 1.165) is 67.2 Å². The van der Waals surface area contributed by atoms with E-state index in [1.807, 2.05) is 27.9 Å². The number of piperidine rings is 2. The van der Waals surface area contributed by atoms with Crippen LogP contribution in [0.5, 0.6) is 5.75 Å². The molecule has 0 spiro atoms. The number of fused-ring (bicyclic) bond motifs is 2. The number of carbonyl (C=O) groups is 5. The van der Waals surface area contributed by atoms with Gasteiger partial charge in [-0.25, -0.2) is 14.4 Å². The van der Waals surface area contributed by atoms with Gasteiger partial charge in [0, 0.05) is 80.8 Å². The molecule has 1 aliphatic carbocycles. The number of hydrogen-bond acceptors (Lipinski definition) is 12. The monoisotopic (exact) mass is 790 g/mol. The maximum atomic E-state index is 15.5. The second kappa shape index (κ2) is 14.6. The van der Waals surface area contributed by atoms with E-state index in [4.69, 9.17) is 15.6 Å². The highest BCUT2D eigenvalue weighted by Crippen LogP contribution is 2.41. The van der Waals surface area contributed by atoms with Crippen molar-refractivity contribution in [1.82, 2.24) is 34.9 Å². The van der Waals surface area contributed by atoms with Crippen LogP contribution in [0, 0.1) is 17.2 Å². The van der Waals surface area contributed by atoms with Crippen molar-refractivity contribution in [2.45, 2.75) is 57.5 Å². The van der Waals surface area contributed by atoms with Crippen LogP contribution in [0.3, 0.4) is 0 Å². The molecule has 58 heavy (non-hydrogen) atoms. The topological polar surface area (TPSA) is 198 Å². The maximum absolute atomic E-state index is 15.5. The zero-order valence-electron chi connectivity index (χ0n) is 31.9. The number of ether oxygens (including phenoxy) is 1. The van der Waals surface area contributed by atoms with Gasteiger partial charge in [0.2, 0.25) is 11.8 Å². The van der Waals surface area contributed by atoms with Crippen molar-refractivity contribution in [3.05, 3.63) is 77.9 Å². The average Bonchev–Trinajstić information content (AvgIpc) is 3.89. The number of nitrogens with zero attached hydrogens (tertiary/aromatic N) is 7. The highest BCUT2D eigenvalue weighted by molar-refractivity contribution is 6.25. The number of halogens is 1. The Morgan fingerprint density at radius 2 is 1.74 bits per heavy atom. The van der Waals surface area contributed by atoms with Crippen LogP contribution in [0.15, 0.2) is 55.1 Å². The first-order valence-corrected chi connectivity index (χ1v) is 19.7. The lowest BCUT2D eigenvalue weighted by Crippen LogP contribution is -2.60. The number of carbonyl (C=O) groups excluding carboxylic acids is 5. The molecule has 5 aliphatic rings. The summed E-state index contributed by atoms with van der Waals surface area (Å²) >= 11 is 0. The van der Waals surface area contributed by atoms with Gasteiger partial charge >= 0.3 is 0 Å². The Labute approximate surface area is 332 Å². The Balaban J connectivity index is 0.829. The van der Waals surface area contributed by atoms with Gasteiger partial charge in [-0.2, -0.15) is 5.10 Å². The fourth-order valence-corrected chi connectivity index (χ4v) is 8.60. The van der Waals surface area contributed by atoms with Crippen molar-refractivity contribution in [1.29, 1.82) is 0 Å². The predicted molar refractivity (Wildman–Crippen MR) is 209 cm³/mol. The van der Waals surface area contributed by atoms with E-state index in [1.165, 1.54) is 12.3 Å². The second-order valence-corrected chi connectivity index (χ2v) is 16.3. The molecule has 16 nitrogen and oxygen atoms in total. The Kier molecular flexibility index (Phi) is 9.41. The van der Waals surface area contributed by atoms with Crippen molar-refractivity contribution in [3.63, 3.8) is 0 Å². The number of amides is 5. The van der Waals surface area contributed by atoms with Gasteiger partial charge in [-0.3, -0.25) is 38.9 Å². The number of nitrogens with two attached hydrogens (primary N) is 1. The summed E-state index contributed by atoms with van der Waals surface area (Å²) in [6.45, 7) is 6.36. The second-order valence-electron chi connectivity index (χ2n) is 16.3. The Morgan fingerprint density at radius 1 is 1.02 bits per heavy atom. The van der Waals surface area contributed by atoms with Gasteiger partial charge in [0.1, 0.15) is 17.6 Å². The lowest BCUT2D eigenvalue weighted by Gasteiger charge is -2.52. The molecule has 300 valence electrons. The van der Waals surface area contributed by atoms with Gasteiger partial charge in [-0.15, -0.1) is 0 Å². The fourth-order valence-electron chi connectivity index (χ4n) is 8.60. The summed E-state index contributed by atoms with van der Waals surface area (Å²) in [7, 11) is 0. The Morgan fingerprint density at radius 3 is 2.43 bits per heavy atom. The molecule has 9 rings (SSSR count). The first-order valence-electron chi connectivity index (χ1n) is 19.7. The van der Waals surface area contributed by atoms with E-state index >= 15 is 4.39 Å². The molecule has 6 heterocycles. The molecule has 0 bridgehead atoms. The van der Waals surface area contributed by atoms with E-state index in [9.17, 15) is 24.0 Å². The molecule has 4 aliphatic heterocycles. The largest absolute Gasteiger partial charge is 0.491 e. The van der Waals surface area contributed by atoms with Crippen LogP contribution < -0.4 is 26.0 Å². The summed E-state index contributed by atoms with van der Waals surface area (Å²) < 4.78 is 23.7. The van der Waals surface area contributed by atoms with Crippen LogP contribution in [-0.4, -0.2) is 104 Å². The number of rotatable bonds is 11. The quantitative estimate of drug-likeness (QED) is 0.148. The van der Waals surface area contributed by atoms with Crippen LogP contribution in [0.1, 0.15) is 78.0 Å². The molecule has 17 heteroatoms. The minimum atomic E-state index is -1.11. The number of hydrogen-bond donors (Lipinski definition) is 3. The molecule has 3 saturated heterocycles. The third kappa shape index (κ3) is 7.03. The lowest BCUT2D eigenvalue weighted by molar-refractivity contribution is -0.136. The van der Waals surface area contributed by atoms with E-state index in [-0.39, 0.29) is 52.5 Å². The van der Waals surface area contributed by atoms with Crippen molar-refractivity contribution in [2.24, 2.45) is 17.1 Å². The molecule has 5 amide bonds.